The van der Waals surface area contributed by atoms with Crippen molar-refractivity contribution in [3.8, 4) is 0 Å². The summed E-state index contributed by atoms with van der Waals surface area (Å²) in [5, 5.41) is 0. The molecule has 0 spiro atoms. The zero-order valence-electron chi connectivity index (χ0n) is 11.9. The number of nitrogen functional groups attached to an aromatic ring is 1. The monoisotopic (exact) mass is 286 g/mol. The molecule has 1 aliphatic heterocycles. The fourth-order valence-corrected chi connectivity index (χ4v) is 2.67. The highest BCUT2D eigenvalue weighted by Crippen LogP contribution is 2.37. The summed E-state index contributed by atoms with van der Waals surface area (Å²) >= 11 is 0. The lowest BCUT2D eigenvalue weighted by molar-refractivity contribution is -0.136. The van der Waals surface area contributed by atoms with Crippen molar-refractivity contribution >= 4 is 11.4 Å². The first-order chi connectivity index (χ1) is 9.19. The fraction of sp³-hybridized carbons (Fsp3) is 0.600. The minimum Gasteiger partial charge on any atom is -0.398 e. The van der Waals surface area contributed by atoms with E-state index < -0.39 is 11.7 Å². The van der Waals surface area contributed by atoms with Crippen molar-refractivity contribution in [2.45, 2.75) is 39.3 Å². The molecule has 0 aromatic heterocycles. The minimum atomic E-state index is -4.40. The number of nitrogens with zero attached hydrogens (tertiary/aromatic N) is 1. The van der Waals surface area contributed by atoms with Crippen molar-refractivity contribution in [3.05, 3.63) is 23.8 Å². The van der Waals surface area contributed by atoms with Gasteiger partial charge in [0.2, 0.25) is 0 Å². The van der Waals surface area contributed by atoms with Gasteiger partial charge in [0.05, 0.1) is 5.56 Å². The number of rotatable bonds is 1. The van der Waals surface area contributed by atoms with Crippen LogP contribution in [0.25, 0.3) is 0 Å². The Morgan fingerprint density at radius 1 is 1.15 bits per heavy atom. The lowest BCUT2D eigenvalue weighted by Gasteiger charge is -2.26. The second kappa shape index (κ2) is 5.19. The van der Waals surface area contributed by atoms with Crippen molar-refractivity contribution in [2.24, 2.45) is 5.41 Å². The van der Waals surface area contributed by atoms with E-state index in [2.05, 4.69) is 13.8 Å². The third kappa shape index (κ3) is 3.38. The predicted molar refractivity (Wildman–Crippen MR) is 75.7 cm³/mol. The van der Waals surface area contributed by atoms with E-state index in [9.17, 15) is 13.2 Å². The summed E-state index contributed by atoms with van der Waals surface area (Å²) in [6.07, 6.45) is -1.31. The number of halogens is 3. The summed E-state index contributed by atoms with van der Waals surface area (Å²) in [5.74, 6) is 0. The van der Waals surface area contributed by atoms with Gasteiger partial charge in [0, 0.05) is 24.5 Å². The molecule has 1 aromatic rings. The van der Waals surface area contributed by atoms with Crippen LogP contribution in [0.2, 0.25) is 0 Å². The van der Waals surface area contributed by atoms with Gasteiger partial charge in [-0.05, 0) is 42.9 Å². The molecule has 1 aliphatic rings. The lowest BCUT2D eigenvalue weighted by atomic mass is 9.85. The zero-order valence-corrected chi connectivity index (χ0v) is 11.9. The third-order valence-corrected chi connectivity index (χ3v) is 4.05. The Labute approximate surface area is 117 Å². The molecule has 1 heterocycles. The van der Waals surface area contributed by atoms with Gasteiger partial charge in [0.1, 0.15) is 0 Å². The van der Waals surface area contributed by atoms with Crippen LogP contribution in [0.15, 0.2) is 18.2 Å². The summed E-state index contributed by atoms with van der Waals surface area (Å²) in [5.41, 5.74) is 5.37. The molecule has 0 atom stereocenters. The Morgan fingerprint density at radius 3 is 2.50 bits per heavy atom. The quantitative estimate of drug-likeness (QED) is 0.780. The van der Waals surface area contributed by atoms with E-state index in [1.807, 2.05) is 4.90 Å². The highest BCUT2D eigenvalue weighted by Gasteiger charge is 2.33. The molecule has 0 saturated carbocycles. The number of benzene rings is 1. The Hall–Kier alpha value is -1.39. The molecule has 5 heteroatoms. The van der Waals surface area contributed by atoms with E-state index in [1.165, 1.54) is 12.1 Å². The van der Waals surface area contributed by atoms with Crippen LogP contribution in [-0.4, -0.2) is 13.1 Å². The second-order valence-electron chi connectivity index (χ2n) is 6.27. The molecular weight excluding hydrogens is 265 g/mol. The maximum Gasteiger partial charge on any atom is 0.418 e. The van der Waals surface area contributed by atoms with Gasteiger partial charge in [-0.25, -0.2) is 0 Å². The minimum absolute atomic E-state index is 0.212. The predicted octanol–water partition coefficient (Wildman–Crippen LogP) is 4.30. The first-order valence-electron chi connectivity index (χ1n) is 6.91. The van der Waals surface area contributed by atoms with Gasteiger partial charge in [0.25, 0.3) is 0 Å². The Kier molecular flexibility index (Phi) is 3.89. The van der Waals surface area contributed by atoms with E-state index in [4.69, 9.17) is 5.73 Å². The average molecular weight is 286 g/mol. The van der Waals surface area contributed by atoms with Crippen LogP contribution in [0.3, 0.4) is 0 Å². The number of alkyl halides is 3. The summed E-state index contributed by atoms with van der Waals surface area (Å²) in [6, 6.07) is 4.21. The van der Waals surface area contributed by atoms with Gasteiger partial charge in [-0.1, -0.05) is 13.8 Å². The smallest absolute Gasteiger partial charge is 0.398 e. The molecule has 0 bridgehead atoms. The lowest BCUT2D eigenvalue weighted by Crippen LogP contribution is -2.25. The number of hydrogen-bond acceptors (Lipinski definition) is 2. The molecule has 2 rings (SSSR count). The highest BCUT2D eigenvalue weighted by molar-refractivity contribution is 5.59. The Morgan fingerprint density at radius 2 is 1.85 bits per heavy atom. The third-order valence-electron chi connectivity index (χ3n) is 4.05. The molecule has 1 aromatic carbocycles. The van der Waals surface area contributed by atoms with Crippen LogP contribution < -0.4 is 10.6 Å². The highest BCUT2D eigenvalue weighted by atomic mass is 19.4. The molecule has 0 aliphatic carbocycles. The van der Waals surface area contributed by atoms with E-state index in [1.54, 1.807) is 6.07 Å². The SMILES string of the molecule is CC1(C)CCCN(c2ccc(N)c(C(F)(F)F)c2)CC1. The molecular formula is C15H21F3N2. The van der Waals surface area contributed by atoms with Gasteiger partial charge in [-0.2, -0.15) is 13.2 Å². The zero-order chi connectivity index (χ0) is 15.0. The first-order valence-corrected chi connectivity index (χ1v) is 6.91. The average Bonchev–Trinajstić information content (AvgIpc) is 2.49. The Bertz CT molecular complexity index is 480. The molecule has 0 radical (unpaired) electrons. The number of nitrogens with two attached hydrogens (primary N) is 1. The van der Waals surface area contributed by atoms with E-state index in [-0.39, 0.29) is 11.1 Å². The summed E-state index contributed by atoms with van der Waals surface area (Å²) in [6.45, 7) is 6.00. The molecule has 1 saturated heterocycles. The van der Waals surface area contributed by atoms with E-state index in [0.717, 1.165) is 32.4 Å². The van der Waals surface area contributed by atoms with Crippen LogP contribution in [0.1, 0.15) is 38.7 Å². The number of anilines is 2. The van der Waals surface area contributed by atoms with Crippen molar-refractivity contribution in [1.29, 1.82) is 0 Å². The molecule has 20 heavy (non-hydrogen) atoms. The summed E-state index contributed by atoms with van der Waals surface area (Å²) < 4.78 is 38.7. The topological polar surface area (TPSA) is 29.3 Å². The van der Waals surface area contributed by atoms with Crippen LogP contribution in [0.5, 0.6) is 0 Å². The van der Waals surface area contributed by atoms with E-state index in [0.29, 0.717) is 5.69 Å². The molecule has 1 fully saturated rings. The maximum atomic E-state index is 12.9. The van der Waals surface area contributed by atoms with Gasteiger partial charge >= 0.3 is 6.18 Å². The van der Waals surface area contributed by atoms with Crippen molar-refractivity contribution in [1.82, 2.24) is 0 Å². The molecule has 2 nitrogen and oxygen atoms in total. The van der Waals surface area contributed by atoms with Crippen molar-refractivity contribution in [3.63, 3.8) is 0 Å². The van der Waals surface area contributed by atoms with E-state index >= 15 is 0 Å². The molecule has 0 amide bonds. The van der Waals surface area contributed by atoms with Crippen LogP contribution in [-0.2, 0) is 6.18 Å². The van der Waals surface area contributed by atoms with Crippen LogP contribution >= 0.6 is 0 Å². The van der Waals surface area contributed by atoms with Crippen molar-refractivity contribution in [2.75, 3.05) is 23.7 Å². The summed E-state index contributed by atoms with van der Waals surface area (Å²) in [4.78, 5) is 2.03. The summed E-state index contributed by atoms with van der Waals surface area (Å²) in [7, 11) is 0. The second-order valence-corrected chi connectivity index (χ2v) is 6.27. The standard InChI is InChI=1S/C15H21F3N2/c1-14(2)6-3-8-20(9-7-14)11-4-5-13(19)12(10-11)15(16,17)18/h4-5,10H,3,6-9,19H2,1-2H3. The molecule has 2 N–H and O–H groups in total. The first kappa shape index (κ1) is 15.0. The largest absolute Gasteiger partial charge is 0.418 e. The molecule has 0 unspecified atom stereocenters. The van der Waals surface area contributed by atoms with Gasteiger partial charge < -0.3 is 10.6 Å². The fourth-order valence-electron chi connectivity index (χ4n) is 2.67. The van der Waals surface area contributed by atoms with Crippen LogP contribution in [0, 0.1) is 5.41 Å². The molecule has 112 valence electrons. The van der Waals surface area contributed by atoms with Crippen molar-refractivity contribution < 1.29 is 13.2 Å². The number of hydrogen-bond donors (Lipinski definition) is 1. The van der Waals surface area contributed by atoms with Gasteiger partial charge in [-0.15, -0.1) is 0 Å². The van der Waals surface area contributed by atoms with Crippen LogP contribution in [0.4, 0.5) is 24.5 Å². The van der Waals surface area contributed by atoms with Gasteiger partial charge in [0.15, 0.2) is 0 Å². The normalized spacial score (nSPS) is 19.8. The maximum absolute atomic E-state index is 12.9. The van der Waals surface area contributed by atoms with Gasteiger partial charge in [-0.3, -0.25) is 0 Å². The Balaban J connectivity index is 2.25.